The highest BCUT2D eigenvalue weighted by Gasteiger charge is 2.31. The normalized spacial score (nSPS) is 21.3. The summed E-state index contributed by atoms with van der Waals surface area (Å²) in [6, 6.07) is 0. The number of nitrogens with zero attached hydrogens (tertiary/aromatic N) is 2. The molecule has 0 amide bonds. The quantitative estimate of drug-likeness (QED) is 0.845. The van der Waals surface area contributed by atoms with Gasteiger partial charge in [0, 0.05) is 24.8 Å². The third-order valence-electron chi connectivity index (χ3n) is 3.27. The van der Waals surface area contributed by atoms with Crippen molar-refractivity contribution >= 4 is 21.6 Å². The summed E-state index contributed by atoms with van der Waals surface area (Å²) in [4.78, 5) is 8.50. The Labute approximate surface area is 114 Å². The van der Waals surface area contributed by atoms with E-state index >= 15 is 0 Å². The second-order valence-electron chi connectivity index (χ2n) is 4.77. The van der Waals surface area contributed by atoms with Crippen molar-refractivity contribution in [3.8, 4) is 0 Å². The Balaban J connectivity index is 2.04. The maximum atomic E-state index is 11.8. The molecule has 2 heterocycles. The molecule has 1 aromatic rings. The fourth-order valence-corrected chi connectivity index (χ4v) is 3.93. The largest absolute Gasteiger partial charge is 0.368 e. The molecule has 0 aromatic carbocycles. The van der Waals surface area contributed by atoms with Gasteiger partial charge in [-0.25, -0.2) is 13.4 Å². The zero-order chi connectivity index (χ0) is 13.9. The smallest absolute Gasteiger partial charge is 0.224 e. The molecule has 1 atom stereocenters. The predicted molar refractivity (Wildman–Crippen MR) is 76.2 cm³/mol. The van der Waals surface area contributed by atoms with Gasteiger partial charge in [0.2, 0.25) is 5.95 Å². The summed E-state index contributed by atoms with van der Waals surface area (Å²) < 4.78 is 23.5. The minimum Gasteiger partial charge on any atom is -0.368 e. The van der Waals surface area contributed by atoms with Gasteiger partial charge in [-0.1, -0.05) is 0 Å². The van der Waals surface area contributed by atoms with E-state index in [1.165, 1.54) is 0 Å². The van der Waals surface area contributed by atoms with Crippen LogP contribution in [-0.4, -0.2) is 42.5 Å². The molecule has 1 aliphatic heterocycles. The van der Waals surface area contributed by atoms with Gasteiger partial charge in [-0.2, -0.15) is 4.98 Å². The van der Waals surface area contributed by atoms with Gasteiger partial charge in [0.1, 0.15) is 5.82 Å². The third kappa shape index (κ3) is 3.34. The van der Waals surface area contributed by atoms with E-state index in [-0.39, 0.29) is 5.25 Å². The van der Waals surface area contributed by atoms with Crippen molar-refractivity contribution in [2.45, 2.75) is 31.9 Å². The van der Waals surface area contributed by atoms with Crippen LogP contribution in [0, 0.1) is 6.92 Å². The Morgan fingerprint density at radius 1 is 1.42 bits per heavy atom. The molecule has 6 nitrogen and oxygen atoms in total. The topological polar surface area (TPSA) is 84.0 Å². The van der Waals surface area contributed by atoms with Gasteiger partial charge >= 0.3 is 0 Å². The Bertz CT molecular complexity index is 545. The lowest BCUT2D eigenvalue weighted by Crippen LogP contribution is -2.25. The van der Waals surface area contributed by atoms with E-state index in [2.05, 4.69) is 20.6 Å². The lowest BCUT2D eigenvalue weighted by Gasteiger charge is -2.13. The summed E-state index contributed by atoms with van der Waals surface area (Å²) in [5.41, 5.74) is 0.914. The van der Waals surface area contributed by atoms with Crippen LogP contribution in [0.15, 0.2) is 6.20 Å². The molecule has 1 aliphatic rings. The molecule has 1 saturated heterocycles. The number of nitrogens with one attached hydrogen (secondary N) is 2. The Morgan fingerprint density at radius 3 is 2.84 bits per heavy atom. The molecule has 1 aromatic heterocycles. The van der Waals surface area contributed by atoms with Gasteiger partial charge in [0.05, 0.1) is 11.0 Å². The van der Waals surface area contributed by atoms with Crippen LogP contribution in [0.2, 0.25) is 0 Å². The average molecular weight is 284 g/mol. The number of aromatic nitrogens is 2. The summed E-state index contributed by atoms with van der Waals surface area (Å²) in [6.45, 7) is 5.05. The molecule has 2 N–H and O–H groups in total. The van der Waals surface area contributed by atoms with Crippen molar-refractivity contribution in [3.63, 3.8) is 0 Å². The first-order chi connectivity index (χ1) is 9.03. The molecule has 19 heavy (non-hydrogen) atoms. The van der Waals surface area contributed by atoms with Crippen LogP contribution in [0.5, 0.6) is 0 Å². The van der Waals surface area contributed by atoms with Crippen molar-refractivity contribution in [1.29, 1.82) is 0 Å². The molecule has 0 radical (unpaired) electrons. The zero-order valence-electron chi connectivity index (χ0n) is 11.3. The first kappa shape index (κ1) is 14.0. The second kappa shape index (κ2) is 5.73. The molecule has 0 spiro atoms. The molecule has 2 rings (SSSR count). The van der Waals surface area contributed by atoms with Crippen LogP contribution in [0.1, 0.15) is 25.3 Å². The van der Waals surface area contributed by atoms with Crippen molar-refractivity contribution in [2.24, 2.45) is 0 Å². The summed E-state index contributed by atoms with van der Waals surface area (Å²) in [7, 11) is -2.91. The first-order valence-electron chi connectivity index (χ1n) is 6.56. The predicted octanol–water partition coefficient (Wildman–Crippen LogP) is 1.21. The average Bonchev–Trinajstić information content (AvgIpc) is 2.69. The third-order valence-corrected chi connectivity index (χ3v) is 5.54. The molecule has 0 saturated carbocycles. The number of anilines is 2. The van der Waals surface area contributed by atoms with E-state index in [0.29, 0.717) is 24.1 Å². The molecule has 1 unspecified atom stereocenters. The van der Waals surface area contributed by atoms with Gasteiger partial charge in [-0.3, -0.25) is 0 Å². The molecular weight excluding hydrogens is 264 g/mol. The molecule has 0 aliphatic carbocycles. The fourth-order valence-electron chi connectivity index (χ4n) is 2.16. The summed E-state index contributed by atoms with van der Waals surface area (Å²) >= 11 is 0. The minimum atomic E-state index is -2.91. The van der Waals surface area contributed by atoms with Crippen LogP contribution in [0.25, 0.3) is 0 Å². The Kier molecular flexibility index (Phi) is 4.24. The molecular formula is C12H20N4O2S. The van der Waals surface area contributed by atoms with Gasteiger partial charge in [-0.15, -0.1) is 0 Å². The van der Waals surface area contributed by atoms with E-state index < -0.39 is 9.84 Å². The summed E-state index contributed by atoms with van der Waals surface area (Å²) in [6.07, 6.45) is 3.23. The molecule has 106 valence electrons. The van der Waals surface area contributed by atoms with Crippen LogP contribution >= 0.6 is 0 Å². The van der Waals surface area contributed by atoms with Gasteiger partial charge in [0.25, 0.3) is 0 Å². The second-order valence-corrected chi connectivity index (χ2v) is 7.17. The molecule has 1 fully saturated rings. The van der Waals surface area contributed by atoms with E-state index in [1.807, 2.05) is 13.8 Å². The Hall–Kier alpha value is -1.37. The van der Waals surface area contributed by atoms with E-state index in [9.17, 15) is 8.42 Å². The van der Waals surface area contributed by atoms with Crippen molar-refractivity contribution in [1.82, 2.24) is 9.97 Å². The maximum Gasteiger partial charge on any atom is 0.224 e. The van der Waals surface area contributed by atoms with Crippen molar-refractivity contribution in [2.75, 3.05) is 29.5 Å². The number of hydrogen-bond donors (Lipinski definition) is 2. The number of hydrogen-bond acceptors (Lipinski definition) is 6. The van der Waals surface area contributed by atoms with Crippen LogP contribution in [0.3, 0.4) is 0 Å². The molecule has 7 heteroatoms. The number of aryl methyl sites for hydroxylation is 1. The van der Waals surface area contributed by atoms with Gasteiger partial charge in [0.15, 0.2) is 9.84 Å². The highest BCUT2D eigenvalue weighted by atomic mass is 32.2. The highest BCUT2D eigenvalue weighted by Crippen LogP contribution is 2.21. The lowest BCUT2D eigenvalue weighted by atomic mass is 10.2. The Morgan fingerprint density at radius 2 is 2.21 bits per heavy atom. The van der Waals surface area contributed by atoms with Gasteiger partial charge in [-0.05, 0) is 26.7 Å². The first-order valence-corrected chi connectivity index (χ1v) is 8.27. The molecule has 0 bridgehead atoms. The SMILES string of the molecule is CCNc1ncc(C)c(NCC2CCCS2(=O)=O)n1. The highest BCUT2D eigenvalue weighted by molar-refractivity contribution is 7.92. The van der Waals surface area contributed by atoms with Gasteiger partial charge < -0.3 is 10.6 Å². The summed E-state index contributed by atoms with van der Waals surface area (Å²) in [5, 5.41) is 5.89. The van der Waals surface area contributed by atoms with Crippen LogP contribution < -0.4 is 10.6 Å². The minimum absolute atomic E-state index is 0.288. The standard InChI is InChI=1S/C12H20N4O2S/c1-3-13-12-15-7-9(2)11(16-12)14-8-10-5-4-6-19(10,17)18/h7,10H,3-6,8H2,1-2H3,(H2,13,14,15,16). The number of sulfone groups is 1. The lowest BCUT2D eigenvalue weighted by molar-refractivity contribution is 0.591. The number of rotatable bonds is 5. The van der Waals surface area contributed by atoms with E-state index in [4.69, 9.17) is 0 Å². The van der Waals surface area contributed by atoms with Crippen molar-refractivity contribution < 1.29 is 8.42 Å². The van der Waals surface area contributed by atoms with Crippen molar-refractivity contribution in [3.05, 3.63) is 11.8 Å². The zero-order valence-corrected chi connectivity index (χ0v) is 12.1. The fraction of sp³-hybridized carbons (Fsp3) is 0.667. The van der Waals surface area contributed by atoms with Crippen LogP contribution in [-0.2, 0) is 9.84 Å². The monoisotopic (exact) mass is 284 g/mol. The van der Waals surface area contributed by atoms with E-state index in [1.54, 1.807) is 6.20 Å². The van der Waals surface area contributed by atoms with E-state index in [0.717, 1.165) is 24.9 Å². The maximum absolute atomic E-state index is 11.8. The van der Waals surface area contributed by atoms with Crippen LogP contribution in [0.4, 0.5) is 11.8 Å². The summed E-state index contributed by atoms with van der Waals surface area (Å²) in [5.74, 6) is 1.57.